The smallest absolute Gasteiger partial charge is 0.337 e. The summed E-state index contributed by atoms with van der Waals surface area (Å²) in [6, 6.07) is 10.2. The fourth-order valence-electron chi connectivity index (χ4n) is 1.56. The van der Waals surface area contributed by atoms with Crippen molar-refractivity contribution in [2.45, 2.75) is 10.6 Å². The highest BCUT2D eigenvalue weighted by Crippen LogP contribution is 2.30. The first-order valence-corrected chi connectivity index (χ1v) is 7.69. The molecule has 0 aliphatic rings. The molecule has 0 heterocycles. The maximum absolute atomic E-state index is 11.0. The van der Waals surface area contributed by atoms with Gasteiger partial charge in [0, 0.05) is 20.7 Å². The summed E-state index contributed by atoms with van der Waals surface area (Å²) in [6.07, 6.45) is 0. The molecule has 20 heavy (non-hydrogen) atoms. The van der Waals surface area contributed by atoms with Crippen LogP contribution in [-0.2, 0) is 5.75 Å². The quantitative estimate of drug-likeness (QED) is 0.727. The average Bonchev–Trinajstić information content (AvgIpc) is 2.39. The van der Waals surface area contributed by atoms with E-state index in [0.717, 1.165) is 10.5 Å². The van der Waals surface area contributed by atoms with Gasteiger partial charge in [-0.2, -0.15) is 0 Å². The van der Waals surface area contributed by atoms with Gasteiger partial charge in [0.1, 0.15) is 0 Å². The van der Waals surface area contributed by atoms with Gasteiger partial charge in [-0.05, 0) is 35.9 Å². The van der Waals surface area contributed by atoms with Crippen LogP contribution in [-0.4, -0.2) is 11.1 Å². The second-order valence-electron chi connectivity index (χ2n) is 3.97. The van der Waals surface area contributed by atoms with Crippen LogP contribution in [0, 0.1) is 0 Å². The Bertz CT molecular complexity index is 659. The van der Waals surface area contributed by atoms with Gasteiger partial charge in [0.2, 0.25) is 0 Å². The molecule has 0 aliphatic heterocycles. The molecule has 0 saturated heterocycles. The van der Waals surface area contributed by atoms with E-state index in [2.05, 4.69) is 0 Å². The zero-order chi connectivity index (χ0) is 14.7. The first-order chi connectivity index (χ1) is 9.47. The molecule has 2 rings (SSSR count). The van der Waals surface area contributed by atoms with Crippen LogP contribution in [0.3, 0.4) is 0 Å². The lowest BCUT2D eigenvalue weighted by atomic mass is 10.2. The van der Waals surface area contributed by atoms with Crippen molar-refractivity contribution in [1.29, 1.82) is 0 Å². The first-order valence-electron chi connectivity index (χ1n) is 5.57. The Morgan fingerprint density at radius 2 is 1.80 bits per heavy atom. The van der Waals surface area contributed by atoms with Gasteiger partial charge >= 0.3 is 5.97 Å². The Morgan fingerprint density at radius 1 is 1.05 bits per heavy atom. The van der Waals surface area contributed by atoms with E-state index in [4.69, 9.17) is 39.9 Å². The van der Waals surface area contributed by atoms with Crippen LogP contribution >= 0.6 is 46.6 Å². The number of rotatable bonds is 4. The fraction of sp³-hybridized carbons (Fsp3) is 0.0714. The van der Waals surface area contributed by atoms with Crippen LogP contribution in [0.15, 0.2) is 41.3 Å². The summed E-state index contributed by atoms with van der Waals surface area (Å²) < 4.78 is 0. The number of halogens is 3. The lowest BCUT2D eigenvalue weighted by Gasteiger charge is -2.06. The number of carboxylic acids is 1. The summed E-state index contributed by atoms with van der Waals surface area (Å²) in [5.41, 5.74) is 1.03. The van der Waals surface area contributed by atoms with Gasteiger partial charge in [0.25, 0.3) is 0 Å². The minimum atomic E-state index is -1.04. The number of carboxylic acid groups (broad SMARTS) is 1. The molecule has 0 aliphatic carbocycles. The Morgan fingerprint density at radius 3 is 2.45 bits per heavy atom. The Balaban J connectivity index is 2.15. The number of hydrogen-bond acceptors (Lipinski definition) is 2. The lowest BCUT2D eigenvalue weighted by molar-refractivity contribution is 0.0697. The van der Waals surface area contributed by atoms with Crippen LogP contribution in [0.2, 0.25) is 15.1 Å². The molecule has 2 aromatic rings. The predicted octanol–water partition coefficient (Wildman–Crippen LogP) is 5.64. The number of aromatic carboxylic acids is 1. The third-order valence-electron chi connectivity index (χ3n) is 2.58. The molecule has 104 valence electrons. The summed E-state index contributed by atoms with van der Waals surface area (Å²) in [7, 11) is 0. The highest BCUT2D eigenvalue weighted by atomic mass is 35.5. The summed E-state index contributed by atoms with van der Waals surface area (Å²) in [6.45, 7) is 0. The van der Waals surface area contributed by atoms with Crippen LogP contribution in [0.25, 0.3) is 0 Å². The van der Waals surface area contributed by atoms with Crippen molar-refractivity contribution >= 4 is 52.5 Å². The summed E-state index contributed by atoms with van der Waals surface area (Å²) in [4.78, 5) is 11.8. The largest absolute Gasteiger partial charge is 0.478 e. The van der Waals surface area contributed by atoms with Crippen molar-refractivity contribution in [3.63, 3.8) is 0 Å². The van der Waals surface area contributed by atoms with Crippen molar-refractivity contribution < 1.29 is 9.90 Å². The first kappa shape index (κ1) is 15.5. The second-order valence-corrected chi connectivity index (χ2v) is 6.27. The molecule has 6 heteroatoms. The number of thioether (sulfide) groups is 1. The van der Waals surface area contributed by atoms with E-state index in [1.807, 2.05) is 6.07 Å². The van der Waals surface area contributed by atoms with Gasteiger partial charge in [-0.1, -0.05) is 40.9 Å². The monoisotopic (exact) mass is 346 g/mol. The molecular weight excluding hydrogens is 339 g/mol. The van der Waals surface area contributed by atoms with E-state index in [9.17, 15) is 4.79 Å². The van der Waals surface area contributed by atoms with Gasteiger partial charge < -0.3 is 5.11 Å². The SMILES string of the molecule is O=C(O)c1cc(SCc2ccc(Cl)cc2Cl)ccc1Cl. The maximum atomic E-state index is 11.0. The highest BCUT2D eigenvalue weighted by molar-refractivity contribution is 7.98. The van der Waals surface area contributed by atoms with E-state index in [-0.39, 0.29) is 10.6 Å². The Kier molecular flexibility index (Phi) is 5.22. The highest BCUT2D eigenvalue weighted by Gasteiger charge is 2.10. The molecule has 0 unspecified atom stereocenters. The van der Waals surface area contributed by atoms with E-state index < -0.39 is 5.97 Å². The van der Waals surface area contributed by atoms with Gasteiger partial charge in [-0.3, -0.25) is 0 Å². The molecule has 0 spiro atoms. The minimum Gasteiger partial charge on any atom is -0.478 e. The summed E-state index contributed by atoms with van der Waals surface area (Å²) in [5, 5.41) is 10.4. The Labute approximate surface area is 135 Å². The molecule has 0 amide bonds. The van der Waals surface area contributed by atoms with Crippen LogP contribution in [0.5, 0.6) is 0 Å². The predicted molar refractivity (Wildman–Crippen MR) is 84.4 cm³/mol. The van der Waals surface area contributed by atoms with E-state index in [1.54, 1.807) is 30.3 Å². The third-order valence-corrected chi connectivity index (χ3v) is 4.54. The standard InChI is InChI=1S/C14H9Cl3O2S/c15-9-2-1-8(13(17)5-9)7-20-10-3-4-12(16)11(6-10)14(18)19/h1-6H,7H2,(H,18,19). The average molecular weight is 348 g/mol. The van der Waals surface area contributed by atoms with Crippen LogP contribution < -0.4 is 0 Å². The van der Waals surface area contributed by atoms with E-state index in [1.165, 1.54) is 11.8 Å². The molecule has 2 aromatic carbocycles. The molecule has 0 radical (unpaired) electrons. The van der Waals surface area contributed by atoms with Crippen molar-refractivity contribution in [3.05, 3.63) is 62.6 Å². The van der Waals surface area contributed by atoms with E-state index in [0.29, 0.717) is 15.8 Å². The van der Waals surface area contributed by atoms with Gasteiger partial charge in [-0.25, -0.2) is 4.79 Å². The topological polar surface area (TPSA) is 37.3 Å². The van der Waals surface area contributed by atoms with E-state index >= 15 is 0 Å². The van der Waals surface area contributed by atoms with Crippen molar-refractivity contribution in [2.75, 3.05) is 0 Å². The normalized spacial score (nSPS) is 10.6. The molecular formula is C14H9Cl3O2S. The summed E-state index contributed by atoms with van der Waals surface area (Å²) in [5.74, 6) is -0.418. The van der Waals surface area contributed by atoms with Crippen molar-refractivity contribution in [2.24, 2.45) is 0 Å². The molecule has 0 saturated carbocycles. The second kappa shape index (κ2) is 6.72. The molecule has 0 aromatic heterocycles. The van der Waals surface area contributed by atoms with Crippen molar-refractivity contribution in [1.82, 2.24) is 0 Å². The van der Waals surface area contributed by atoms with Crippen molar-refractivity contribution in [3.8, 4) is 0 Å². The number of carbonyl (C=O) groups is 1. The molecule has 2 nitrogen and oxygen atoms in total. The summed E-state index contributed by atoms with van der Waals surface area (Å²) >= 11 is 19.2. The van der Waals surface area contributed by atoms with Gasteiger partial charge in [-0.15, -0.1) is 11.8 Å². The molecule has 0 fully saturated rings. The maximum Gasteiger partial charge on any atom is 0.337 e. The fourth-order valence-corrected chi connectivity index (χ4v) is 3.25. The third kappa shape index (κ3) is 3.83. The minimum absolute atomic E-state index is 0.0962. The van der Waals surface area contributed by atoms with Gasteiger partial charge in [0.15, 0.2) is 0 Å². The van der Waals surface area contributed by atoms with Gasteiger partial charge in [0.05, 0.1) is 10.6 Å². The number of benzene rings is 2. The molecule has 0 atom stereocenters. The van der Waals surface area contributed by atoms with Crippen LogP contribution in [0.4, 0.5) is 0 Å². The zero-order valence-corrected chi connectivity index (χ0v) is 13.2. The number of hydrogen-bond donors (Lipinski definition) is 1. The zero-order valence-electron chi connectivity index (χ0n) is 10.1. The van der Waals surface area contributed by atoms with Crippen LogP contribution in [0.1, 0.15) is 15.9 Å². The molecule has 0 bridgehead atoms. The Hall–Kier alpha value is -0.870. The molecule has 1 N–H and O–H groups in total. The lowest BCUT2D eigenvalue weighted by Crippen LogP contribution is -1.97.